The van der Waals surface area contributed by atoms with Gasteiger partial charge in [-0.05, 0) is 29.8 Å². The highest BCUT2D eigenvalue weighted by atomic mass is 32.2. The number of anilines is 1. The van der Waals surface area contributed by atoms with Crippen molar-refractivity contribution < 1.29 is 17.9 Å². The van der Waals surface area contributed by atoms with Crippen molar-refractivity contribution in [3.63, 3.8) is 0 Å². The van der Waals surface area contributed by atoms with Crippen molar-refractivity contribution in [2.24, 2.45) is 0 Å². The average molecular weight is 306 g/mol. The molecule has 0 saturated heterocycles. The van der Waals surface area contributed by atoms with Crippen LogP contribution >= 0.6 is 0 Å². The molecule has 7 heteroatoms. The quantitative estimate of drug-likeness (QED) is 0.835. The van der Waals surface area contributed by atoms with Gasteiger partial charge >= 0.3 is 0 Å². The Balaban J connectivity index is 1.77. The van der Waals surface area contributed by atoms with Gasteiger partial charge in [-0.2, -0.15) is 0 Å². The van der Waals surface area contributed by atoms with Gasteiger partial charge in [0.15, 0.2) is 11.5 Å². The van der Waals surface area contributed by atoms with Gasteiger partial charge in [-0.15, -0.1) is 0 Å². The summed E-state index contributed by atoms with van der Waals surface area (Å²) in [4.78, 5) is 0.0748. The van der Waals surface area contributed by atoms with Crippen LogP contribution in [0.25, 0.3) is 0 Å². The van der Waals surface area contributed by atoms with Gasteiger partial charge in [0.1, 0.15) is 4.90 Å². The number of ether oxygens (including phenoxy) is 2. The number of nitrogens with two attached hydrogens (primary N) is 1. The van der Waals surface area contributed by atoms with E-state index in [1.54, 1.807) is 36.4 Å². The van der Waals surface area contributed by atoms with Crippen LogP contribution in [0.3, 0.4) is 0 Å². The Hall–Kier alpha value is -2.25. The number of para-hydroxylation sites is 1. The zero-order chi connectivity index (χ0) is 14.9. The van der Waals surface area contributed by atoms with Gasteiger partial charge in [0, 0.05) is 6.54 Å². The molecule has 1 aliphatic heterocycles. The maximum Gasteiger partial charge on any atom is 0.242 e. The SMILES string of the molecule is Nc1ccccc1S(=O)(=O)NCc1ccc2c(c1)OCO2. The summed E-state index contributed by atoms with van der Waals surface area (Å²) in [5, 5.41) is 0. The van der Waals surface area contributed by atoms with Crippen LogP contribution in [0, 0.1) is 0 Å². The van der Waals surface area contributed by atoms with E-state index in [0.29, 0.717) is 11.5 Å². The fourth-order valence-corrected chi connectivity index (χ4v) is 3.18. The molecule has 0 radical (unpaired) electrons. The van der Waals surface area contributed by atoms with Gasteiger partial charge in [-0.3, -0.25) is 0 Å². The van der Waals surface area contributed by atoms with Gasteiger partial charge in [0.05, 0.1) is 5.69 Å². The molecule has 0 bridgehead atoms. The minimum absolute atomic E-state index is 0.0748. The van der Waals surface area contributed by atoms with Crippen molar-refractivity contribution in [3.8, 4) is 11.5 Å². The Morgan fingerprint density at radius 1 is 1.10 bits per heavy atom. The summed E-state index contributed by atoms with van der Waals surface area (Å²) in [5.41, 5.74) is 6.69. The third-order valence-electron chi connectivity index (χ3n) is 3.11. The molecule has 0 aromatic heterocycles. The van der Waals surface area contributed by atoms with Crippen LogP contribution in [-0.4, -0.2) is 15.2 Å². The average Bonchev–Trinajstić information content (AvgIpc) is 2.93. The smallest absolute Gasteiger partial charge is 0.242 e. The summed E-state index contributed by atoms with van der Waals surface area (Å²) in [5.74, 6) is 1.28. The van der Waals surface area contributed by atoms with Crippen molar-refractivity contribution in [2.45, 2.75) is 11.4 Å². The molecule has 21 heavy (non-hydrogen) atoms. The van der Waals surface area contributed by atoms with Gasteiger partial charge in [0.25, 0.3) is 0 Å². The molecule has 0 spiro atoms. The van der Waals surface area contributed by atoms with Crippen molar-refractivity contribution in [1.82, 2.24) is 4.72 Å². The zero-order valence-electron chi connectivity index (χ0n) is 11.1. The molecule has 0 unspecified atom stereocenters. The highest BCUT2D eigenvalue weighted by molar-refractivity contribution is 7.89. The molecule has 3 rings (SSSR count). The van der Waals surface area contributed by atoms with Crippen molar-refractivity contribution in [1.29, 1.82) is 0 Å². The predicted molar refractivity (Wildman–Crippen MR) is 77.4 cm³/mol. The number of hydrogen-bond acceptors (Lipinski definition) is 5. The first-order valence-corrected chi connectivity index (χ1v) is 7.77. The number of benzene rings is 2. The lowest BCUT2D eigenvalue weighted by Crippen LogP contribution is -2.24. The number of nitrogens with one attached hydrogen (secondary N) is 1. The van der Waals surface area contributed by atoms with Crippen molar-refractivity contribution in [2.75, 3.05) is 12.5 Å². The molecule has 0 saturated carbocycles. The van der Waals surface area contributed by atoms with Crippen molar-refractivity contribution >= 4 is 15.7 Å². The molecule has 2 aromatic rings. The van der Waals surface area contributed by atoms with Gasteiger partial charge in [0.2, 0.25) is 16.8 Å². The van der Waals surface area contributed by atoms with Crippen LogP contribution in [0.4, 0.5) is 5.69 Å². The highest BCUT2D eigenvalue weighted by Gasteiger charge is 2.18. The Bertz CT molecular complexity index is 774. The summed E-state index contributed by atoms with van der Waals surface area (Å²) < 4.78 is 37.4. The van der Waals surface area contributed by atoms with Crippen LogP contribution in [0.2, 0.25) is 0 Å². The Morgan fingerprint density at radius 3 is 2.67 bits per heavy atom. The summed E-state index contributed by atoms with van der Waals surface area (Å²) in [7, 11) is -3.65. The van der Waals surface area contributed by atoms with Crippen LogP contribution in [0.15, 0.2) is 47.4 Å². The fourth-order valence-electron chi connectivity index (χ4n) is 2.03. The molecular weight excluding hydrogens is 292 g/mol. The van der Waals surface area contributed by atoms with Crippen molar-refractivity contribution in [3.05, 3.63) is 48.0 Å². The summed E-state index contributed by atoms with van der Waals surface area (Å²) in [6, 6.07) is 11.6. The lowest BCUT2D eigenvalue weighted by Gasteiger charge is -2.09. The molecule has 6 nitrogen and oxygen atoms in total. The van der Waals surface area contributed by atoms with E-state index in [-0.39, 0.29) is 23.9 Å². The van der Waals surface area contributed by atoms with Gasteiger partial charge in [-0.25, -0.2) is 13.1 Å². The van der Waals surface area contributed by atoms with E-state index in [1.807, 2.05) is 0 Å². The lowest BCUT2D eigenvalue weighted by molar-refractivity contribution is 0.174. The van der Waals surface area contributed by atoms with E-state index in [4.69, 9.17) is 15.2 Å². The predicted octanol–water partition coefficient (Wildman–Crippen LogP) is 1.48. The molecule has 3 N–H and O–H groups in total. The van der Waals surface area contributed by atoms with E-state index in [1.165, 1.54) is 6.07 Å². The zero-order valence-corrected chi connectivity index (χ0v) is 11.9. The molecule has 1 aliphatic rings. The van der Waals surface area contributed by atoms with E-state index in [0.717, 1.165) is 5.56 Å². The number of fused-ring (bicyclic) bond motifs is 1. The second kappa shape index (κ2) is 5.27. The first-order chi connectivity index (χ1) is 10.1. The van der Waals surface area contributed by atoms with Gasteiger partial charge < -0.3 is 15.2 Å². The van der Waals surface area contributed by atoms with Crippen LogP contribution in [-0.2, 0) is 16.6 Å². The normalized spacial score (nSPS) is 13.3. The Morgan fingerprint density at radius 2 is 1.86 bits per heavy atom. The largest absolute Gasteiger partial charge is 0.454 e. The maximum atomic E-state index is 12.2. The topological polar surface area (TPSA) is 90.7 Å². The van der Waals surface area contributed by atoms with Crippen LogP contribution < -0.4 is 19.9 Å². The number of nitrogen functional groups attached to an aromatic ring is 1. The Labute approximate surface area is 122 Å². The van der Waals surface area contributed by atoms with E-state index >= 15 is 0 Å². The second-order valence-electron chi connectivity index (χ2n) is 4.55. The molecular formula is C14H14N2O4S. The van der Waals surface area contributed by atoms with E-state index in [2.05, 4.69) is 4.72 Å². The maximum absolute atomic E-state index is 12.2. The summed E-state index contributed by atoms with van der Waals surface area (Å²) in [6.45, 7) is 0.332. The summed E-state index contributed by atoms with van der Waals surface area (Å²) in [6.07, 6.45) is 0. The van der Waals surface area contributed by atoms with Gasteiger partial charge in [-0.1, -0.05) is 18.2 Å². The van der Waals surface area contributed by atoms with Crippen LogP contribution in [0.5, 0.6) is 11.5 Å². The minimum Gasteiger partial charge on any atom is -0.454 e. The van der Waals surface area contributed by atoms with Crippen LogP contribution in [0.1, 0.15) is 5.56 Å². The number of hydrogen-bond donors (Lipinski definition) is 2. The molecule has 0 aliphatic carbocycles. The molecule has 1 heterocycles. The molecule has 0 atom stereocenters. The molecule has 0 amide bonds. The third-order valence-corrected chi connectivity index (χ3v) is 4.59. The number of sulfonamides is 1. The Kier molecular flexibility index (Phi) is 3.44. The number of rotatable bonds is 4. The van der Waals surface area contributed by atoms with E-state index < -0.39 is 10.0 Å². The first kappa shape index (κ1) is 13.7. The minimum atomic E-state index is -3.65. The second-order valence-corrected chi connectivity index (χ2v) is 6.29. The fraction of sp³-hybridized carbons (Fsp3) is 0.143. The first-order valence-electron chi connectivity index (χ1n) is 6.29. The monoisotopic (exact) mass is 306 g/mol. The third kappa shape index (κ3) is 2.79. The van der Waals surface area contributed by atoms with E-state index in [9.17, 15) is 8.42 Å². The molecule has 0 fully saturated rings. The standard InChI is InChI=1S/C14H14N2O4S/c15-11-3-1-2-4-14(11)21(17,18)16-8-10-5-6-12-13(7-10)20-9-19-12/h1-7,16H,8-9,15H2. The molecule has 2 aromatic carbocycles. The highest BCUT2D eigenvalue weighted by Crippen LogP contribution is 2.32. The molecule has 110 valence electrons. The lowest BCUT2D eigenvalue weighted by atomic mass is 10.2. The summed E-state index contributed by atoms with van der Waals surface area (Å²) >= 11 is 0.